The van der Waals surface area contributed by atoms with Crippen LogP contribution >= 0.6 is 0 Å². The molecule has 0 aliphatic rings. The monoisotopic (exact) mass is 408 g/mol. The van der Waals surface area contributed by atoms with Crippen molar-refractivity contribution in [3.8, 4) is 0 Å². The van der Waals surface area contributed by atoms with Gasteiger partial charge in [0.05, 0.1) is 10.6 Å². The molecule has 0 saturated carbocycles. The van der Waals surface area contributed by atoms with E-state index in [-0.39, 0.29) is 16.2 Å². The van der Waals surface area contributed by atoms with Crippen LogP contribution in [0.1, 0.15) is 26.3 Å². The number of nitrogens with zero attached hydrogens (tertiary/aromatic N) is 1. The molecule has 0 fully saturated rings. The van der Waals surface area contributed by atoms with E-state index in [9.17, 15) is 18.0 Å². The molecule has 0 aromatic heterocycles. The van der Waals surface area contributed by atoms with Crippen LogP contribution in [-0.2, 0) is 10.0 Å². The molecule has 0 saturated heterocycles. The highest BCUT2D eigenvalue weighted by molar-refractivity contribution is 7.89. The summed E-state index contributed by atoms with van der Waals surface area (Å²) in [7, 11) is -0.816. The first-order valence-corrected chi connectivity index (χ1v) is 10.3. The number of nitrogens with one attached hydrogen (secondary N) is 1. The highest BCUT2D eigenvalue weighted by Crippen LogP contribution is 2.21. The van der Waals surface area contributed by atoms with Crippen LogP contribution in [0.15, 0.2) is 83.8 Å². The molecule has 0 heterocycles. The Morgan fingerprint density at radius 2 is 1.41 bits per heavy atom. The third kappa shape index (κ3) is 4.42. The summed E-state index contributed by atoms with van der Waals surface area (Å²) in [6, 6.07) is 21.2. The summed E-state index contributed by atoms with van der Waals surface area (Å²) < 4.78 is 25.7. The summed E-state index contributed by atoms with van der Waals surface area (Å²) in [6.45, 7) is 0. The number of carbonyl (C=O) groups is 2. The van der Waals surface area contributed by atoms with E-state index in [1.54, 1.807) is 48.5 Å². The molecule has 0 atom stereocenters. The van der Waals surface area contributed by atoms with Gasteiger partial charge in [0.1, 0.15) is 0 Å². The second-order valence-corrected chi connectivity index (χ2v) is 8.66. The second-order valence-electron chi connectivity index (χ2n) is 6.51. The van der Waals surface area contributed by atoms with Crippen molar-refractivity contribution < 1.29 is 18.0 Å². The van der Waals surface area contributed by atoms with E-state index >= 15 is 0 Å². The Balaban J connectivity index is 1.91. The molecule has 0 bridgehead atoms. The topological polar surface area (TPSA) is 83.6 Å². The number of benzene rings is 3. The van der Waals surface area contributed by atoms with Gasteiger partial charge in [0.15, 0.2) is 5.78 Å². The number of para-hydroxylation sites is 1. The average Bonchev–Trinajstić information content (AvgIpc) is 2.74. The van der Waals surface area contributed by atoms with Crippen molar-refractivity contribution in [3.63, 3.8) is 0 Å². The molecular formula is C22H20N2O4S. The van der Waals surface area contributed by atoms with Crippen molar-refractivity contribution in [2.75, 3.05) is 19.4 Å². The highest BCUT2D eigenvalue weighted by atomic mass is 32.2. The van der Waals surface area contributed by atoms with Gasteiger partial charge in [-0.2, -0.15) is 0 Å². The van der Waals surface area contributed by atoms with Gasteiger partial charge in [-0.15, -0.1) is 0 Å². The highest BCUT2D eigenvalue weighted by Gasteiger charge is 2.20. The minimum Gasteiger partial charge on any atom is -0.321 e. The molecule has 7 heteroatoms. The maximum Gasteiger partial charge on any atom is 0.255 e. The number of hydrogen-bond acceptors (Lipinski definition) is 4. The van der Waals surface area contributed by atoms with Crippen LogP contribution < -0.4 is 5.32 Å². The van der Waals surface area contributed by atoms with Crippen LogP contribution in [0.5, 0.6) is 0 Å². The largest absolute Gasteiger partial charge is 0.321 e. The fourth-order valence-corrected chi connectivity index (χ4v) is 3.69. The predicted octanol–water partition coefficient (Wildman–Crippen LogP) is 3.42. The lowest BCUT2D eigenvalue weighted by atomic mass is 10.0. The van der Waals surface area contributed by atoms with Crippen LogP contribution in [0.3, 0.4) is 0 Å². The Bertz CT molecular complexity index is 1160. The van der Waals surface area contributed by atoms with Crippen LogP contribution in [0, 0.1) is 0 Å². The molecule has 6 nitrogen and oxygen atoms in total. The van der Waals surface area contributed by atoms with Crippen molar-refractivity contribution in [2.45, 2.75) is 4.90 Å². The molecule has 0 unspecified atom stereocenters. The number of carbonyl (C=O) groups excluding carboxylic acids is 2. The molecule has 3 aromatic carbocycles. The molecule has 1 N–H and O–H groups in total. The smallest absolute Gasteiger partial charge is 0.255 e. The summed E-state index contributed by atoms with van der Waals surface area (Å²) >= 11 is 0. The fraction of sp³-hybridized carbons (Fsp3) is 0.0909. The summed E-state index contributed by atoms with van der Waals surface area (Å²) in [6.07, 6.45) is 0. The quantitative estimate of drug-likeness (QED) is 0.634. The zero-order valence-corrected chi connectivity index (χ0v) is 16.8. The molecule has 3 aromatic rings. The Morgan fingerprint density at radius 3 is 2.10 bits per heavy atom. The van der Waals surface area contributed by atoms with Crippen molar-refractivity contribution in [2.24, 2.45) is 0 Å². The number of amides is 1. The van der Waals surface area contributed by atoms with Crippen molar-refractivity contribution in [3.05, 3.63) is 95.6 Å². The first-order chi connectivity index (χ1) is 13.8. The van der Waals surface area contributed by atoms with E-state index in [1.165, 1.54) is 38.4 Å². The SMILES string of the molecule is CN(C)S(=O)(=O)c1cccc(C(=O)Nc2ccccc2C(=O)c2ccccc2)c1. The van der Waals surface area contributed by atoms with Crippen LogP contribution in [-0.4, -0.2) is 38.5 Å². The lowest BCUT2D eigenvalue weighted by Crippen LogP contribution is -2.23. The van der Waals surface area contributed by atoms with Gasteiger partial charge in [-0.3, -0.25) is 9.59 Å². The Labute approximate surface area is 169 Å². The van der Waals surface area contributed by atoms with Gasteiger partial charge in [-0.1, -0.05) is 48.5 Å². The summed E-state index contributed by atoms with van der Waals surface area (Å²) in [5.41, 5.74) is 1.39. The standard InChI is InChI=1S/C22H20N2O4S/c1-24(2)29(27,28)18-12-8-11-17(15-18)22(26)23-20-14-7-6-13-19(20)21(25)16-9-4-3-5-10-16/h3-15H,1-2H3,(H,23,26). The Hall–Kier alpha value is -3.29. The van der Waals surface area contributed by atoms with E-state index in [2.05, 4.69) is 5.32 Å². The van der Waals surface area contributed by atoms with E-state index in [0.717, 1.165) is 4.31 Å². The third-order valence-electron chi connectivity index (χ3n) is 4.33. The number of rotatable bonds is 6. The Kier molecular flexibility index (Phi) is 5.91. The van der Waals surface area contributed by atoms with Gasteiger partial charge in [0.25, 0.3) is 5.91 Å². The molecule has 148 valence electrons. The van der Waals surface area contributed by atoms with Crippen molar-refractivity contribution in [1.82, 2.24) is 4.31 Å². The van der Waals surface area contributed by atoms with E-state index in [0.29, 0.717) is 16.8 Å². The third-order valence-corrected chi connectivity index (χ3v) is 6.14. The van der Waals surface area contributed by atoms with E-state index in [4.69, 9.17) is 0 Å². The maximum absolute atomic E-state index is 12.8. The van der Waals surface area contributed by atoms with Crippen molar-refractivity contribution >= 4 is 27.4 Å². The normalized spacial score (nSPS) is 11.3. The van der Waals surface area contributed by atoms with Crippen LogP contribution in [0.2, 0.25) is 0 Å². The number of anilines is 1. The molecule has 1 amide bonds. The molecule has 3 rings (SSSR count). The number of sulfonamides is 1. The fourth-order valence-electron chi connectivity index (χ4n) is 2.74. The van der Waals surface area contributed by atoms with Gasteiger partial charge < -0.3 is 5.32 Å². The van der Waals surface area contributed by atoms with Crippen LogP contribution in [0.25, 0.3) is 0 Å². The maximum atomic E-state index is 12.8. The zero-order valence-electron chi connectivity index (χ0n) is 16.0. The summed E-state index contributed by atoms with van der Waals surface area (Å²) in [5, 5.41) is 2.72. The van der Waals surface area contributed by atoms with Gasteiger partial charge in [0, 0.05) is 30.8 Å². The molecule has 29 heavy (non-hydrogen) atoms. The summed E-state index contributed by atoms with van der Waals surface area (Å²) in [5.74, 6) is -0.723. The van der Waals surface area contributed by atoms with Gasteiger partial charge in [-0.05, 0) is 30.3 Å². The predicted molar refractivity (Wildman–Crippen MR) is 112 cm³/mol. The Morgan fingerprint density at radius 1 is 0.793 bits per heavy atom. The van der Waals surface area contributed by atoms with Crippen molar-refractivity contribution in [1.29, 1.82) is 0 Å². The minimum atomic E-state index is -3.66. The zero-order chi connectivity index (χ0) is 21.0. The lowest BCUT2D eigenvalue weighted by molar-refractivity contribution is 0.102. The molecule has 0 aliphatic carbocycles. The lowest BCUT2D eigenvalue weighted by Gasteiger charge is -2.13. The van der Waals surface area contributed by atoms with Crippen LogP contribution in [0.4, 0.5) is 5.69 Å². The minimum absolute atomic E-state index is 0.0174. The second kappa shape index (κ2) is 8.38. The number of ketones is 1. The number of hydrogen-bond donors (Lipinski definition) is 1. The molecule has 0 spiro atoms. The van der Waals surface area contributed by atoms with Gasteiger partial charge >= 0.3 is 0 Å². The molecule has 0 aliphatic heterocycles. The first-order valence-electron chi connectivity index (χ1n) is 8.83. The molecular weight excluding hydrogens is 388 g/mol. The summed E-state index contributed by atoms with van der Waals surface area (Å²) in [4.78, 5) is 25.6. The average molecular weight is 408 g/mol. The van der Waals surface area contributed by atoms with E-state index in [1.807, 2.05) is 6.07 Å². The van der Waals surface area contributed by atoms with Gasteiger partial charge in [0.2, 0.25) is 10.0 Å². The van der Waals surface area contributed by atoms with Gasteiger partial charge in [-0.25, -0.2) is 12.7 Å². The van der Waals surface area contributed by atoms with E-state index < -0.39 is 15.9 Å². The molecule has 0 radical (unpaired) electrons. The first kappa shape index (κ1) is 20.4.